The number of phenols is 1. The Hall–Kier alpha value is -2.70. The molecule has 0 amide bonds. The largest absolute Gasteiger partial charge is 0.508 e. The molecule has 2 N–H and O–H groups in total. The number of nitrogens with zero attached hydrogens (tertiary/aromatic N) is 1. The van der Waals surface area contributed by atoms with E-state index in [9.17, 15) is 9.50 Å². The van der Waals surface area contributed by atoms with Gasteiger partial charge < -0.3 is 9.84 Å². The summed E-state index contributed by atoms with van der Waals surface area (Å²) in [5, 5.41) is 13.9. The van der Waals surface area contributed by atoms with Crippen LogP contribution in [0.5, 0.6) is 11.5 Å². The maximum absolute atomic E-state index is 13.8. The monoisotopic (exact) mass is 454 g/mol. The Morgan fingerprint density at radius 3 is 2.72 bits per heavy atom. The molecular formula is C23H20BrFN2O2. The van der Waals surface area contributed by atoms with Crippen LogP contribution in [0.2, 0.25) is 0 Å². The fourth-order valence-corrected chi connectivity index (χ4v) is 3.91. The predicted octanol–water partition coefficient (Wildman–Crippen LogP) is 5.52. The van der Waals surface area contributed by atoms with Crippen molar-refractivity contribution in [1.82, 2.24) is 5.32 Å². The molecule has 0 spiro atoms. The van der Waals surface area contributed by atoms with E-state index >= 15 is 0 Å². The molecule has 4 rings (SSSR count). The molecule has 1 aliphatic heterocycles. The van der Waals surface area contributed by atoms with Crippen LogP contribution in [0.3, 0.4) is 0 Å². The van der Waals surface area contributed by atoms with Gasteiger partial charge in [-0.3, -0.25) is 10.3 Å². The Labute approximate surface area is 177 Å². The Morgan fingerprint density at radius 2 is 1.93 bits per heavy atom. The van der Waals surface area contributed by atoms with Crippen molar-refractivity contribution in [2.75, 3.05) is 7.11 Å². The molecule has 1 aliphatic rings. The molecule has 1 heterocycles. The van der Waals surface area contributed by atoms with Crippen LogP contribution in [0.1, 0.15) is 35.3 Å². The number of aliphatic imine (C=N–C) groups is 1. The molecule has 0 saturated carbocycles. The minimum absolute atomic E-state index is 0.195. The van der Waals surface area contributed by atoms with Crippen LogP contribution in [-0.2, 0) is 0 Å². The summed E-state index contributed by atoms with van der Waals surface area (Å²) in [6, 6.07) is 19.3. The summed E-state index contributed by atoms with van der Waals surface area (Å²) < 4.78 is 20.1. The maximum atomic E-state index is 13.8. The van der Waals surface area contributed by atoms with Crippen molar-refractivity contribution in [3.05, 3.63) is 93.7 Å². The second kappa shape index (κ2) is 8.35. The Balaban J connectivity index is 1.78. The van der Waals surface area contributed by atoms with Crippen molar-refractivity contribution in [2.45, 2.75) is 18.6 Å². The Kier molecular flexibility index (Phi) is 5.65. The molecule has 0 fully saturated rings. The van der Waals surface area contributed by atoms with E-state index in [-0.39, 0.29) is 17.6 Å². The van der Waals surface area contributed by atoms with Gasteiger partial charge in [-0.1, -0.05) is 40.2 Å². The summed E-state index contributed by atoms with van der Waals surface area (Å²) >= 11 is 3.48. The van der Waals surface area contributed by atoms with Gasteiger partial charge in [-0.25, -0.2) is 4.39 Å². The van der Waals surface area contributed by atoms with Crippen LogP contribution >= 0.6 is 15.9 Å². The number of ether oxygens (including phenoxy) is 1. The second-order valence-electron chi connectivity index (χ2n) is 6.89. The van der Waals surface area contributed by atoms with E-state index in [1.54, 1.807) is 25.3 Å². The van der Waals surface area contributed by atoms with E-state index in [2.05, 4.69) is 21.2 Å². The molecule has 4 nitrogen and oxygen atoms in total. The van der Waals surface area contributed by atoms with Crippen LogP contribution in [0.15, 0.2) is 76.2 Å². The molecule has 0 unspecified atom stereocenters. The number of nitrogens with one attached hydrogen (secondary N) is 1. The number of hydrogen-bond donors (Lipinski definition) is 2. The summed E-state index contributed by atoms with van der Waals surface area (Å²) in [6.45, 7) is 0. The van der Waals surface area contributed by atoms with Crippen LogP contribution in [0.4, 0.5) is 4.39 Å². The van der Waals surface area contributed by atoms with Gasteiger partial charge in [-0.2, -0.15) is 0 Å². The van der Waals surface area contributed by atoms with Crippen molar-refractivity contribution < 1.29 is 14.2 Å². The molecule has 0 radical (unpaired) electrons. The summed E-state index contributed by atoms with van der Waals surface area (Å²) in [5.74, 6) is 0.637. The van der Waals surface area contributed by atoms with Gasteiger partial charge in [0, 0.05) is 28.2 Å². The summed E-state index contributed by atoms with van der Waals surface area (Å²) in [5.41, 5.74) is 3.29. The van der Waals surface area contributed by atoms with Crippen molar-refractivity contribution >= 4 is 21.6 Å². The molecular weight excluding hydrogens is 435 g/mol. The average molecular weight is 455 g/mol. The average Bonchev–Trinajstić information content (AvgIpc) is 2.75. The zero-order chi connectivity index (χ0) is 20.4. The number of benzene rings is 3. The molecule has 3 aromatic carbocycles. The molecule has 3 aromatic rings. The predicted molar refractivity (Wildman–Crippen MR) is 115 cm³/mol. The molecule has 0 aliphatic carbocycles. The molecule has 29 heavy (non-hydrogen) atoms. The van der Waals surface area contributed by atoms with Gasteiger partial charge in [0.2, 0.25) is 0 Å². The van der Waals surface area contributed by atoms with E-state index < -0.39 is 6.17 Å². The summed E-state index contributed by atoms with van der Waals surface area (Å²) in [6.07, 6.45) is 0.132. The SMILES string of the molecule is COc1cccc(C2=N[C@H](c3cccc(F)c3)N[C@H](c3cc(Br)ccc3O)C2)c1. The van der Waals surface area contributed by atoms with Gasteiger partial charge in [0.25, 0.3) is 0 Å². The minimum atomic E-state index is -0.441. The van der Waals surface area contributed by atoms with Crippen molar-refractivity contribution in [1.29, 1.82) is 0 Å². The number of hydrogen-bond acceptors (Lipinski definition) is 4. The van der Waals surface area contributed by atoms with Gasteiger partial charge in [0.1, 0.15) is 23.5 Å². The number of halogens is 2. The van der Waals surface area contributed by atoms with Gasteiger partial charge in [0.05, 0.1) is 7.11 Å². The lowest BCUT2D eigenvalue weighted by molar-refractivity contribution is 0.410. The lowest BCUT2D eigenvalue weighted by atomic mass is 9.93. The second-order valence-corrected chi connectivity index (χ2v) is 7.81. The highest BCUT2D eigenvalue weighted by molar-refractivity contribution is 9.10. The van der Waals surface area contributed by atoms with Gasteiger partial charge in [-0.05, 0) is 53.6 Å². The number of phenolic OH excluding ortho intramolecular Hbond substituents is 1. The van der Waals surface area contributed by atoms with E-state index in [1.165, 1.54) is 12.1 Å². The highest BCUT2D eigenvalue weighted by atomic mass is 79.9. The minimum Gasteiger partial charge on any atom is -0.508 e. The molecule has 0 aromatic heterocycles. The van der Waals surface area contributed by atoms with Gasteiger partial charge in [-0.15, -0.1) is 0 Å². The first-order valence-corrected chi connectivity index (χ1v) is 10.0. The molecule has 0 saturated heterocycles. The fourth-order valence-electron chi connectivity index (χ4n) is 3.54. The molecule has 148 valence electrons. The van der Waals surface area contributed by atoms with E-state index in [1.807, 2.05) is 36.4 Å². The standard InChI is InChI=1S/C23H20BrFN2O2/c1-29-18-7-3-4-14(11-18)20-13-21(19-12-16(24)8-9-22(19)28)27-23(26-20)15-5-2-6-17(25)10-15/h2-12,21,23,27-28H,13H2,1H3/t21-,23-/m0/s1. The van der Waals surface area contributed by atoms with Crippen molar-refractivity contribution in [2.24, 2.45) is 4.99 Å². The van der Waals surface area contributed by atoms with E-state index in [0.717, 1.165) is 32.6 Å². The molecule has 0 bridgehead atoms. The lowest BCUT2D eigenvalue weighted by Gasteiger charge is -2.31. The number of methoxy groups -OCH3 is 1. The highest BCUT2D eigenvalue weighted by Crippen LogP contribution is 2.36. The van der Waals surface area contributed by atoms with Crippen molar-refractivity contribution in [3.63, 3.8) is 0 Å². The normalized spacial score (nSPS) is 18.9. The van der Waals surface area contributed by atoms with Crippen molar-refractivity contribution in [3.8, 4) is 11.5 Å². The molecule has 6 heteroatoms. The fraction of sp³-hybridized carbons (Fsp3) is 0.174. The number of rotatable bonds is 4. The topological polar surface area (TPSA) is 53.8 Å². The first-order chi connectivity index (χ1) is 14.0. The third kappa shape index (κ3) is 4.33. The quantitative estimate of drug-likeness (QED) is 0.545. The highest BCUT2D eigenvalue weighted by Gasteiger charge is 2.28. The van der Waals surface area contributed by atoms with Crippen LogP contribution in [0.25, 0.3) is 0 Å². The zero-order valence-corrected chi connectivity index (χ0v) is 17.4. The maximum Gasteiger partial charge on any atom is 0.126 e. The van der Waals surface area contributed by atoms with E-state index in [0.29, 0.717) is 6.42 Å². The molecule has 2 atom stereocenters. The smallest absolute Gasteiger partial charge is 0.126 e. The third-order valence-corrected chi connectivity index (χ3v) is 5.47. The van der Waals surface area contributed by atoms with Crippen LogP contribution < -0.4 is 10.1 Å². The first-order valence-electron chi connectivity index (χ1n) is 9.24. The Morgan fingerprint density at radius 1 is 1.10 bits per heavy atom. The Bertz CT molecular complexity index is 1070. The van der Waals surface area contributed by atoms with E-state index in [4.69, 9.17) is 9.73 Å². The van der Waals surface area contributed by atoms with Crippen LogP contribution in [-0.4, -0.2) is 17.9 Å². The first kappa shape index (κ1) is 19.6. The summed E-state index contributed by atoms with van der Waals surface area (Å²) in [4.78, 5) is 4.86. The van der Waals surface area contributed by atoms with Gasteiger partial charge in [0.15, 0.2) is 0 Å². The summed E-state index contributed by atoms with van der Waals surface area (Å²) in [7, 11) is 1.63. The zero-order valence-electron chi connectivity index (χ0n) is 15.8. The third-order valence-electron chi connectivity index (χ3n) is 4.97. The lowest BCUT2D eigenvalue weighted by Crippen LogP contribution is -2.33. The van der Waals surface area contributed by atoms with Crippen LogP contribution in [0, 0.1) is 5.82 Å². The number of aromatic hydroxyl groups is 1. The van der Waals surface area contributed by atoms with Gasteiger partial charge >= 0.3 is 0 Å².